The zero-order valence-corrected chi connectivity index (χ0v) is 10.4. The van der Waals surface area contributed by atoms with Crippen molar-refractivity contribution in [2.75, 3.05) is 19.7 Å². The van der Waals surface area contributed by atoms with Crippen molar-refractivity contribution in [1.29, 1.82) is 0 Å². The van der Waals surface area contributed by atoms with Crippen molar-refractivity contribution in [1.82, 2.24) is 10.3 Å². The van der Waals surface area contributed by atoms with Crippen molar-refractivity contribution in [3.05, 3.63) is 15.6 Å². The first-order chi connectivity index (χ1) is 7.72. The summed E-state index contributed by atoms with van der Waals surface area (Å²) in [5.41, 5.74) is 0.797. The molecule has 2 rings (SSSR count). The minimum atomic E-state index is -0.241. The van der Waals surface area contributed by atoms with Crippen LogP contribution in [-0.2, 0) is 4.74 Å². The number of thiazole rings is 1. The number of nitrogens with one attached hydrogen (secondary N) is 1. The van der Waals surface area contributed by atoms with Crippen molar-refractivity contribution in [3.63, 3.8) is 0 Å². The summed E-state index contributed by atoms with van der Waals surface area (Å²) in [6.07, 6.45) is 1.11. The summed E-state index contributed by atoms with van der Waals surface area (Å²) in [4.78, 5) is 16.8. The summed E-state index contributed by atoms with van der Waals surface area (Å²) in [6.45, 7) is 6.11. The number of aromatic nitrogens is 1. The Bertz CT molecular complexity index is 383. The standard InChI is InChI=1S/C11H16N2O2S/c1-3-15-11(14)9-7(2)13-10(16-9)8-4-5-12-6-8/h8,12H,3-6H2,1-2H3/t8-/m0/s1. The van der Waals surface area contributed by atoms with Crippen LogP contribution in [0, 0.1) is 6.92 Å². The maximum Gasteiger partial charge on any atom is 0.350 e. The summed E-state index contributed by atoms with van der Waals surface area (Å²) in [5.74, 6) is 0.224. The third-order valence-electron chi connectivity index (χ3n) is 2.68. The molecule has 0 radical (unpaired) electrons. The van der Waals surface area contributed by atoms with Gasteiger partial charge in [-0.25, -0.2) is 9.78 Å². The summed E-state index contributed by atoms with van der Waals surface area (Å²) in [5, 5.41) is 4.37. The van der Waals surface area contributed by atoms with Crippen molar-refractivity contribution in [2.24, 2.45) is 0 Å². The number of esters is 1. The van der Waals surface area contributed by atoms with Gasteiger partial charge in [0, 0.05) is 12.5 Å². The SMILES string of the molecule is CCOC(=O)c1sc([C@H]2CCNC2)nc1C. The normalized spacial score (nSPS) is 20.0. The molecular weight excluding hydrogens is 224 g/mol. The van der Waals surface area contributed by atoms with Crippen LogP contribution in [-0.4, -0.2) is 30.6 Å². The molecule has 0 bridgehead atoms. The first-order valence-electron chi connectivity index (χ1n) is 5.57. The largest absolute Gasteiger partial charge is 0.462 e. The maximum absolute atomic E-state index is 11.6. The third-order valence-corrected chi connectivity index (χ3v) is 3.98. The van der Waals surface area contributed by atoms with E-state index in [1.165, 1.54) is 11.3 Å². The predicted molar refractivity (Wildman–Crippen MR) is 63.0 cm³/mol. The molecule has 1 N–H and O–H groups in total. The summed E-state index contributed by atoms with van der Waals surface area (Å²) in [7, 11) is 0. The van der Waals surface area contributed by atoms with Crippen molar-refractivity contribution >= 4 is 17.3 Å². The van der Waals surface area contributed by atoms with Crippen molar-refractivity contribution in [3.8, 4) is 0 Å². The molecule has 1 aromatic rings. The van der Waals surface area contributed by atoms with Gasteiger partial charge in [0.25, 0.3) is 0 Å². The molecule has 4 nitrogen and oxygen atoms in total. The molecule has 1 atom stereocenters. The second kappa shape index (κ2) is 4.93. The van der Waals surface area contributed by atoms with Gasteiger partial charge in [0.05, 0.1) is 17.3 Å². The number of aryl methyl sites for hydroxylation is 1. The molecule has 0 amide bonds. The molecule has 5 heteroatoms. The number of hydrogen-bond donors (Lipinski definition) is 1. The Morgan fingerprint density at radius 1 is 1.69 bits per heavy atom. The zero-order valence-electron chi connectivity index (χ0n) is 9.58. The van der Waals surface area contributed by atoms with E-state index in [-0.39, 0.29) is 5.97 Å². The van der Waals surface area contributed by atoms with E-state index >= 15 is 0 Å². The highest BCUT2D eigenvalue weighted by Gasteiger charge is 2.23. The molecule has 0 aromatic carbocycles. The van der Waals surface area contributed by atoms with Gasteiger partial charge < -0.3 is 10.1 Å². The average molecular weight is 240 g/mol. The summed E-state index contributed by atoms with van der Waals surface area (Å²) >= 11 is 1.48. The number of nitrogens with zero attached hydrogens (tertiary/aromatic N) is 1. The summed E-state index contributed by atoms with van der Waals surface area (Å²) in [6, 6.07) is 0. The third kappa shape index (κ3) is 2.25. The molecule has 1 aliphatic heterocycles. The first-order valence-corrected chi connectivity index (χ1v) is 6.39. The molecule has 0 spiro atoms. The van der Waals surface area contributed by atoms with E-state index in [4.69, 9.17) is 4.74 Å². The van der Waals surface area contributed by atoms with Gasteiger partial charge in [-0.2, -0.15) is 0 Å². The van der Waals surface area contributed by atoms with Gasteiger partial charge >= 0.3 is 5.97 Å². The Hall–Kier alpha value is -0.940. The van der Waals surface area contributed by atoms with E-state index in [0.717, 1.165) is 30.2 Å². The lowest BCUT2D eigenvalue weighted by molar-refractivity contribution is 0.0531. The molecule has 1 fully saturated rings. The Kier molecular flexibility index (Phi) is 3.56. The molecule has 1 saturated heterocycles. The molecule has 1 aliphatic rings. The fraction of sp³-hybridized carbons (Fsp3) is 0.636. The van der Waals surface area contributed by atoms with Gasteiger partial charge in [-0.3, -0.25) is 0 Å². The van der Waals surface area contributed by atoms with Gasteiger partial charge in [-0.15, -0.1) is 11.3 Å². The van der Waals surface area contributed by atoms with E-state index in [9.17, 15) is 4.79 Å². The van der Waals surface area contributed by atoms with Crippen LogP contribution >= 0.6 is 11.3 Å². The molecule has 16 heavy (non-hydrogen) atoms. The van der Waals surface area contributed by atoms with Crippen LogP contribution in [0.2, 0.25) is 0 Å². The number of rotatable bonds is 3. The highest BCUT2D eigenvalue weighted by molar-refractivity contribution is 7.13. The van der Waals surface area contributed by atoms with E-state index < -0.39 is 0 Å². The second-order valence-electron chi connectivity index (χ2n) is 3.88. The van der Waals surface area contributed by atoms with Gasteiger partial charge in [0.2, 0.25) is 0 Å². The van der Waals surface area contributed by atoms with Crippen LogP contribution in [0.1, 0.15) is 39.6 Å². The first kappa shape index (κ1) is 11.5. The Morgan fingerprint density at radius 2 is 2.50 bits per heavy atom. The average Bonchev–Trinajstić information content (AvgIpc) is 2.86. The molecular formula is C11H16N2O2S. The predicted octanol–water partition coefficient (Wildman–Crippen LogP) is 1.71. The molecule has 88 valence electrons. The van der Waals surface area contributed by atoms with Crippen LogP contribution in [0.4, 0.5) is 0 Å². The zero-order chi connectivity index (χ0) is 11.5. The fourth-order valence-corrected chi connectivity index (χ4v) is 2.94. The number of ether oxygens (including phenoxy) is 1. The number of hydrogen-bond acceptors (Lipinski definition) is 5. The highest BCUT2D eigenvalue weighted by Crippen LogP contribution is 2.29. The van der Waals surface area contributed by atoms with Crippen molar-refractivity contribution < 1.29 is 9.53 Å². The maximum atomic E-state index is 11.6. The fourth-order valence-electron chi connectivity index (χ4n) is 1.84. The van der Waals surface area contributed by atoms with Gasteiger partial charge in [-0.1, -0.05) is 0 Å². The van der Waals surface area contributed by atoms with Crippen LogP contribution in [0.5, 0.6) is 0 Å². The highest BCUT2D eigenvalue weighted by atomic mass is 32.1. The lowest BCUT2D eigenvalue weighted by Gasteiger charge is -2.01. The quantitative estimate of drug-likeness (QED) is 0.817. The number of carbonyl (C=O) groups is 1. The minimum Gasteiger partial charge on any atom is -0.462 e. The van der Waals surface area contributed by atoms with E-state index in [0.29, 0.717) is 17.4 Å². The lowest BCUT2D eigenvalue weighted by atomic mass is 10.1. The van der Waals surface area contributed by atoms with E-state index in [1.54, 1.807) is 0 Å². The van der Waals surface area contributed by atoms with Crippen molar-refractivity contribution in [2.45, 2.75) is 26.2 Å². The number of carbonyl (C=O) groups excluding carboxylic acids is 1. The minimum absolute atomic E-state index is 0.241. The van der Waals surface area contributed by atoms with Gasteiger partial charge in [0.15, 0.2) is 0 Å². The second-order valence-corrected chi connectivity index (χ2v) is 4.91. The lowest BCUT2D eigenvalue weighted by Crippen LogP contribution is -2.07. The van der Waals surface area contributed by atoms with Crippen LogP contribution in [0.15, 0.2) is 0 Å². The molecule has 0 unspecified atom stereocenters. The Labute approximate surface area is 99.0 Å². The monoisotopic (exact) mass is 240 g/mol. The Morgan fingerprint density at radius 3 is 3.12 bits per heavy atom. The smallest absolute Gasteiger partial charge is 0.350 e. The molecule has 1 aromatic heterocycles. The summed E-state index contributed by atoms with van der Waals surface area (Å²) < 4.78 is 5.00. The molecule has 0 saturated carbocycles. The Balaban J connectivity index is 2.17. The molecule has 2 heterocycles. The van der Waals surface area contributed by atoms with Crippen LogP contribution < -0.4 is 5.32 Å². The topological polar surface area (TPSA) is 51.2 Å². The van der Waals surface area contributed by atoms with E-state index in [1.807, 2.05) is 13.8 Å². The van der Waals surface area contributed by atoms with Crippen LogP contribution in [0.25, 0.3) is 0 Å². The molecule has 0 aliphatic carbocycles. The van der Waals surface area contributed by atoms with Gasteiger partial charge in [-0.05, 0) is 26.8 Å². The van der Waals surface area contributed by atoms with Gasteiger partial charge in [0.1, 0.15) is 4.88 Å². The van der Waals surface area contributed by atoms with E-state index in [2.05, 4.69) is 10.3 Å². The van der Waals surface area contributed by atoms with Crippen LogP contribution in [0.3, 0.4) is 0 Å².